The Balaban J connectivity index is 1.04. The SMILES string of the molecule is c1ccc(-c2nc(-c3ccccc3)nc(-c3ccc4c(c3)sc3ccc(-c5nc(-c6ccccc6)nc(-c6cccc7oc8ccccc8c67)n5)cc34)n2)cc1. The van der Waals surface area contributed by atoms with E-state index in [2.05, 4.69) is 48.5 Å². The summed E-state index contributed by atoms with van der Waals surface area (Å²) in [5, 5.41) is 4.28. The summed E-state index contributed by atoms with van der Waals surface area (Å²) >= 11 is 1.74. The zero-order valence-electron chi connectivity index (χ0n) is 29.7. The highest BCUT2D eigenvalue weighted by atomic mass is 32.1. The van der Waals surface area contributed by atoms with E-state index in [9.17, 15) is 0 Å². The fourth-order valence-electron chi connectivity index (χ4n) is 7.30. The van der Waals surface area contributed by atoms with Crippen molar-refractivity contribution in [2.75, 3.05) is 0 Å². The first-order chi connectivity index (χ1) is 27.7. The highest BCUT2D eigenvalue weighted by Crippen LogP contribution is 2.40. The van der Waals surface area contributed by atoms with Gasteiger partial charge in [0, 0.05) is 64.3 Å². The van der Waals surface area contributed by atoms with Gasteiger partial charge in [-0.05, 0) is 36.4 Å². The number of aromatic nitrogens is 6. The number of thiophene rings is 1. The smallest absolute Gasteiger partial charge is 0.164 e. The minimum Gasteiger partial charge on any atom is -0.456 e. The molecule has 0 radical (unpaired) electrons. The molecule has 0 bridgehead atoms. The summed E-state index contributed by atoms with van der Waals surface area (Å²) in [5.74, 6) is 3.71. The van der Waals surface area contributed by atoms with Crippen molar-refractivity contribution in [1.82, 2.24) is 29.9 Å². The van der Waals surface area contributed by atoms with Crippen LogP contribution in [0, 0.1) is 0 Å². The van der Waals surface area contributed by atoms with Gasteiger partial charge in [-0.3, -0.25) is 0 Å². The molecule has 56 heavy (non-hydrogen) atoms. The lowest BCUT2D eigenvalue weighted by molar-refractivity contribution is 0.669. The quantitative estimate of drug-likeness (QED) is 0.168. The van der Waals surface area contributed by atoms with Gasteiger partial charge in [0.1, 0.15) is 11.2 Å². The molecule has 7 aromatic carbocycles. The van der Waals surface area contributed by atoms with Gasteiger partial charge in [-0.1, -0.05) is 133 Å². The van der Waals surface area contributed by atoms with Crippen LogP contribution in [0.25, 0.3) is 110 Å². The van der Waals surface area contributed by atoms with Crippen LogP contribution in [0.4, 0.5) is 0 Å². The summed E-state index contributed by atoms with van der Waals surface area (Å²) in [5.41, 5.74) is 7.15. The standard InChI is InChI=1S/C48H28N6OS/c1-4-13-29(14-5-1)43-49-44(30-15-6-2-7-16-30)51-47(50-43)33-23-25-34-37-27-32(24-26-40(37)56-41(34)28-33)46-52-45(31-17-8-3-9-18-31)53-48(54-46)36-20-12-22-39-42(36)35-19-10-11-21-38(35)55-39/h1-28H. The number of furan rings is 1. The topological polar surface area (TPSA) is 90.5 Å². The first kappa shape index (κ1) is 32.0. The van der Waals surface area contributed by atoms with Crippen LogP contribution in [0.3, 0.4) is 0 Å². The number of fused-ring (bicyclic) bond motifs is 6. The zero-order valence-corrected chi connectivity index (χ0v) is 30.5. The predicted octanol–water partition coefficient (Wildman–Crippen LogP) is 12.3. The normalized spacial score (nSPS) is 11.6. The fraction of sp³-hybridized carbons (Fsp3) is 0. The van der Waals surface area contributed by atoms with E-state index in [1.54, 1.807) is 11.3 Å². The number of hydrogen-bond acceptors (Lipinski definition) is 8. The Labute approximate surface area is 324 Å². The van der Waals surface area contributed by atoms with Crippen molar-refractivity contribution in [3.05, 3.63) is 170 Å². The maximum absolute atomic E-state index is 6.23. The molecule has 0 saturated heterocycles. The molecule has 11 aromatic rings. The molecule has 0 spiro atoms. The summed E-state index contributed by atoms with van der Waals surface area (Å²) in [4.78, 5) is 30.1. The van der Waals surface area contributed by atoms with Gasteiger partial charge >= 0.3 is 0 Å². The Bertz CT molecular complexity index is 3200. The van der Waals surface area contributed by atoms with E-state index in [-0.39, 0.29) is 0 Å². The Morgan fingerprint density at radius 3 is 1.45 bits per heavy atom. The molecular formula is C48H28N6OS. The largest absolute Gasteiger partial charge is 0.456 e. The van der Waals surface area contributed by atoms with E-state index >= 15 is 0 Å². The molecule has 7 nitrogen and oxygen atoms in total. The van der Waals surface area contributed by atoms with Gasteiger partial charge in [0.15, 0.2) is 34.9 Å². The molecule has 262 valence electrons. The molecule has 0 atom stereocenters. The van der Waals surface area contributed by atoms with Crippen molar-refractivity contribution in [3.8, 4) is 68.3 Å². The fourth-order valence-corrected chi connectivity index (χ4v) is 8.42. The molecule has 0 fully saturated rings. The van der Waals surface area contributed by atoms with Crippen LogP contribution < -0.4 is 0 Å². The Morgan fingerprint density at radius 1 is 0.321 bits per heavy atom. The number of hydrogen-bond donors (Lipinski definition) is 0. The zero-order chi connectivity index (χ0) is 37.0. The van der Waals surface area contributed by atoms with E-state index < -0.39 is 0 Å². The third-order valence-corrected chi connectivity index (χ3v) is 11.1. The maximum atomic E-state index is 6.23. The van der Waals surface area contributed by atoms with Crippen molar-refractivity contribution in [2.24, 2.45) is 0 Å². The van der Waals surface area contributed by atoms with Gasteiger partial charge in [0.25, 0.3) is 0 Å². The minimum atomic E-state index is 0.591. The molecule has 11 rings (SSSR count). The molecule has 0 amide bonds. The van der Waals surface area contributed by atoms with Gasteiger partial charge < -0.3 is 4.42 Å². The lowest BCUT2D eigenvalue weighted by atomic mass is 10.0. The molecule has 4 heterocycles. The van der Waals surface area contributed by atoms with Gasteiger partial charge in [-0.2, -0.15) is 0 Å². The average molecular weight is 737 g/mol. The molecule has 4 aromatic heterocycles. The van der Waals surface area contributed by atoms with Gasteiger partial charge in [0.2, 0.25) is 0 Å². The van der Waals surface area contributed by atoms with Crippen molar-refractivity contribution in [1.29, 1.82) is 0 Å². The third-order valence-electron chi connectivity index (χ3n) is 10.00. The van der Waals surface area contributed by atoms with E-state index in [4.69, 9.17) is 34.3 Å². The molecule has 8 heteroatoms. The van der Waals surface area contributed by atoms with Crippen LogP contribution in [0.5, 0.6) is 0 Å². The molecule has 0 saturated carbocycles. The number of benzene rings is 7. The summed E-state index contributed by atoms with van der Waals surface area (Å²) < 4.78 is 8.53. The lowest BCUT2D eigenvalue weighted by Crippen LogP contribution is -2.00. The Morgan fingerprint density at radius 2 is 0.821 bits per heavy atom. The molecule has 0 aliphatic rings. The molecule has 0 aliphatic heterocycles. The van der Waals surface area contributed by atoms with Crippen molar-refractivity contribution in [3.63, 3.8) is 0 Å². The second-order valence-electron chi connectivity index (χ2n) is 13.5. The average Bonchev–Trinajstić information content (AvgIpc) is 3.85. The molecular weight excluding hydrogens is 709 g/mol. The van der Waals surface area contributed by atoms with Crippen molar-refractivity contribution < 1.29 is 4.42 Å². The summed E-state index contributed by atoms with van der Waals surface area (Å²) in [6.45, 7) is 0. The van der Waals surface area contributed by atoms with Crippen molar-refractivity contribution in [2.45, 2.75) is 0 Å². The van der Waals surface area contributed by atoms with Crippen LogP contribution in [0.1, 0.15) is 0 Å². The van der Waals surface area contributed by atoms with E-state index in [1.165, 1.54) is 4.70 Å². The Hall–Kier alpha value is -7.42. The number of para-hydroxylation sites is 1. The van der Waals surface area contributed by atoms with Gasteiger partial charge in [0.05, 0.1) is 0 Å². The summed E-state index contributed by atoms with van der Waals surface area (Å²) in [6.07, 6.45) is 0. The summed E-state index contributed by atoms with van der Waals surface area (Å²) in [6, 6.07) is 57.2. The van der Waals surface area contributed by atoms with Crippen LogP contribution in [-0.4, -0.2) is 29.9 Å². The summed E-state index contributed by atoms with van der Waals surface area (Å²) in [7, 11) is 0. The first-order valence-electron chi connectivity index (χ1n) is 18.3. The molecule has 0 N–H and O–H groups in total. The minimum absolute atomic E-state index is 0.591. The number of nitrogens with zero attached hydrogens (tertiary/aromatic N) is 6. The van der Waals surface area contributed by atoms with Crippen LogP contribution >= 0.6 is 11.3 Å². The monoisotopic (exact) mass is 736 g/mol. The number of rotatable bonds is 6. The first-order valence-corrected chi connectivity index (χ1v) is 19.1. The third kappa shape index (κ3) is 5.59. The highest BCUT2D eigenvalue weighted by Gasteiger charge is 2.19. The van der Waals surface area contributed by atoms with E-state index in [1.807, 2.05) is 121 Å². The van der Waals surface area contributed by atoms with Crippen LogP contribution in [0.15, 0.2) is 174 Å². The predicted molar refractivity (Wildman–Crippen MR) is 226 cm³/mol. The maximum Gasteiger partial charge on any atom is 0.164 e. The molecule has 0 aliphatic carbocycles. The van der Waals surface area contributed by atoms with Crippen LogP contribution in [-0.2, 0) is 0 Å². The van der Waals surface area contributed by atoms with E-state index in [0.717, 1.165) is 70.8 Å². The Kier molecular flexibility index (Phi) is 7.53. The second-order valence-corrected chi connectivity index (χ2v) is 14.6. The second kappa shape index (κ2) is 13.2. The lowest BCUT2D eigenvalue weighted by Gasteiger charge is -2.09. The van der Waals surface area contributed by atoms with E-state index in [0.29, 0.717) is 34.9 Å². The van der Waals surface area contributed by atoms with Crippen LogP contribution in [0.2, 0.25) is 0 Å². The van der Waals surface area contributed by atoms with Gasteiger partial charge in [-0.25, -0.2) is 29.9 Å². The highest BCUT2D eigenvalue weighted by molar-refractivity contribution is 7.25. The molecule has 0 unspecified atom stereocenters. The van der Waals surface area contributed by atoms with Crippen molar-refractivity contribution >= 4 is 53.4 Å². The van der Waals surface area contributed by atoms with Gasteiger partial charge in [-0.15, -0.1) is 11.3 Å².